The molecule has 0 aliphatic rings. The number of fused-ring (bicyclic) bond motifs is 1. The van der Waals surface area contributed by atoms with Crippen LogP contribution in [0.3, 0.4) is 0 Å². The molecule has 3 rings (SSSR count). The quantitative estimate of drug-likeness (QED) is 0.725. The fourth-order valence-corrected chi connectivity index (χ4v) is 3.03. The van der Waals surface area contributed by atoms with E-state index in [9.17, 15) is 0 Å². The van der Waals surface area contributed by atoms with Crippen LogP contribution in [0.25, 0.3) is 11.0 Å². The molecular weight excluding hydrogens is 282 g/mol. The molecule has 0 amide bonds. The number of thiophene rings is 1. The minimum Gasteiger partial charge on any atom is -0.364 e. The lowest BCUT2D eigenvalue weighted by atomic mass is 10.2. The van der Waals surface area contributed by atoms with Gasteiger partial charge in [-0.1, -0.05) is 6.92 Å². The number of aromatic nitrogens is 4. The van der Waals surface area contributed by atoms with Gasteiger partial charge in [-0.15, -0.1) is 11.3 Å². The van der Waals surface area contributed by atoms with Crippen LogP contribution >= 0.6 is 22.9 Å². The molecular formula is C12H12ClN5S. The molecule has 0 aromatic carbocycles. The summed E-state index contributed by atoms with van der Waals surface area (Å²) in [6, 6.07) is 2.15. The van der Waals surface area contributed by atoms with Gasteiger partial charge >= 0.3 is 0 Å². The zero-order chi connectivity index (χ0) is 13.2. The molecule has 0 spiro atoms. The first-order valence-corrected chi connectivity index (χ1v) is 7.19. The highest BCUT2D eigenvalue weighted by molar-refractivity contribution is 7.10. The first-order valence-electron chi connectivity index (χ1n) is 5.93. The van der Waals surface area contributed by atoms with Gasteiger partial charge in [-0.05, 0) is 35.0 Å². The third kappa shape index (κ3) is 2.41. The molecule has 0 saturated carbocycles. The lowest BCUT2D eigenvalue weighted by Gasteiger charge is -2.06. The van der Waals surface area contributed by atoms with Gasteiger partial charge in [0.15, 0.2) is 5.65 Å². The van der Waals surface area contributed by atoms with Crippen molar-refractivity contribution in [3.63, 3.8) is 0 Å². The second-order valence-corrected chi connectivity index (χ2v) is 5.39. The summed E-state index contributed by atoms with van der Waals surface area (Å²) in [5, 5.41) is 13.2. The Balaban J connectivity index is 1.87. The Kier molecular flexibility index (Phi) is 3.35. The maximum atomic E-state index is 5.89. The smallest absolute Gasteiger partial charge is 0.226 e. The molecule has 0 aliphatic heterocycles. The third-order valence-corrected chi connectivity index (χ3v) is 4.05. The van der Waals surface area contributed by atoms with Gasteiger partial charge in [-0.25, -0.2) is 0 Å². The van der Waals surface area contributed by atoms with E-state index in [1.165, 1.54) is 10.4 Å². The number of hydrogen-bond acceptors (Lipinski definition) is 5. The number of anilines is 1. The predicted octanol–water partition coefficient (Wildman–Crippen LogP) is 3.24. The number of H-pyrrole nitrogens is 1. The normalized spacial score (nSPS) is 11.1. The highest BCUT2D eigenvalue weighted by atomic mass is 35.5. The second-order valence-electron chi connectivity index (χ2n) is 4.05. The van der Waals surface area contributed by atoms with Crippen LogP contribution in [0.5, 0.6) is 0 Å². The van der Waals surface area contributed by atoms with Crippen molar-refractivity contribution in [3.8, 4) is 0 Å². The molecule has 0 fully saturated rings. The fourth-order valence-electron chi connectivity index (χ4n) is 1.94. The highest BCUT2D eigenvalue weighted by Gasteiger charge is 2.09. The Hall–Kier alpha value is -1.66. The van der Waals surface area contributed by atoms with E-state index < -0.39 is 0 Å². The summed E-state index contributed by atoms with van der Waals surface area (Å²) in [5.74, 6) is 0.708. The largest absolute Gasteiger partial charge is 0.364 e. The van der Waals surface area contributed by atoms with Crippen molar-refractivity contribution in [2.45, 2.75) is 19.9 Å². The molecule has 0 unspecified atom stereocenters. The van der Waals surface area contributed by atoms with E-state index >= 15 is 0 Å². The average molecular weight is 294 g/mol. The van der Waals surface area contributed by atoms with Crippen molar-refractivity contribution in [1.29, 1.82) is 0 Å². The van der Waals surface area contributed by atoms with E-state index in [1.807, 2.05) is 0 Å². The molecule has 0 saturated heterocycles. The molecule has 0 radical (unpaired) electrons. The monoisotopic (exact) mass is 293 g/mol. The number of nitrogens with zero attached hydrogens (tertiary/aromatic N) is 3. The van der Waals surface area contributed by atoms with Gasteiger partial charge in [-0.2, -0.15) is 15.1 Å². The number of aryl methyl sites for hydroxylation is 1. The zero-order valence-corrected chi connectivity index (χ0v) is 11.8. The molecule has 0 bridgehead atoms. The van der Waals surface area contributed by atoms with Gasteiger partial charge in [0.1, 0.15) is 5.82 Å². The van der Waals surface area contributed by atoms with Crippen LogP contribution < -0.4 is 5.32 Å². The first kappa shape index (κ1) is 12.4. The summed E-state index contributed by atoms with van der Waals surface area (Å²) in [5.41, 5.74) is 2.01. The Labute approximate surface area is 119 Å². The summed E-state index contributed by atoms with van der Waals surface area (Å²) in [6.45, 7) is 2.88. The molecule has 3 aromatic rings. The maximum Gasteiger partial charge on any atom is 0.226 e. The minimum atomic E-state index is 0.209. The van der Waals surface area contributed by atoms with Gasteiger partial charge in [-0.3, -0.25) is 5.10 Å². The third-order valence-electron chi connectivity index (χ3n) is 2.92. The van der Waals surface area contributed by atoms with Gasteiger partial charge in [0.2, 0.25) is 5.28 Å². The Morgan fingerprint density at radius 3 is 3.16 bits per heavy atom. The topological polar surface area (TPSA) is 66.5 Å². The minimum absolute atomic E-state index is 0.209. The van der Waals surface area contributed by atoms with E-state index in [0.29, 0.717) is 11.5 Å². The molecule has 5 nitrogen and oxygen atoms in total. The summed E-state index contributed by atoms with van der Waals surface area (Å²) in [7, 11) is 0. The van der Waals surface area contributed by atoms with E-state index in [2.05, 4.69) is 43.9 Å². The molecule has 19 heavy (non-hydrogen) atoms. The lowest BCUT2D eigenvalue weighted by Crippen LogP contribution is -2.03. The molecule has 0 aliphatic carbocycles. The van der Waals surface area contributed by atoms with Crippen molar-refractivity contribution in [3.05, 3.63) is 33.4 Å². The number of rotatable bonds is 4. The van der Waals surface area contributed by atoms with Crippen LogP contribution in [0.2, 0.25) is 5.28 Å². The summed E-state index contributed by atoms with van der Waals surface area (Å²) in [4.78, 5) is 9.60. The van der Waals surface area contributed by atoms with Crippen LogP contribution in [-0.2, 0) is 13.0 Å². The molecule has 2 N–H and O–H groups in total. The van der Waals surface area contributed by atoms with Crippen LogP contribution in [-0.4, -0.2) is 20.2 Å². The summed E-state index contributed by atoms with van der Waals surface area (Å²) in [6.07, 6.45) is 2.73. The van der Waals surface area contributed by atoms with Gasteiger partial charge in [0, 0.05) is 4.88 Å². The number of aromatic amines is 1. The molecule has 0 atom stereocenters. The summed E-state index contributed by atoms with van der Waals surface area (Å²) >= 11 is 7.64. The Morgan fingerprint density at radius 1 is 1.42 bits per heavy atom. The van der Waals surface area contributed by atoms with Crippen LogP contribution in [0.4, 0.5) is 5.82 Å². The molecule has 7 heteroatoms. The fraction of sp³-hybridized carbons (Fsp3) is 0.250. The SMILES string of the molecule is CCc1ccsc1CNc1nc(Cl)nc2[nH]ncc12. The van der Waals surface area contributed by atoms with Crippen molar-refractivity contribution in [1.82, 2.24) is 20.2 Å². The number of hydrogen-bond donors (Lipinski definition) is 2. The lowest BCUT2D eigenvalue weighted by molar-refractivity contribution is 1.06. The van der Waals surface area contributed by atoms with Gasteiger partial charge in [0.25, 0.3) is 0 Å². The van der Waals surface area contributed by atoms with Crippen molar-refractivity contribution >= 4 is 39.8 Å². The predicted molar refractivity (Wildman–Crippen MR) is 77.7 cm³/mol. The van der Waals surface area contributed by atoms with Crippen LogP contribution in [0.1, 0.15) is 17.4 Å². The average Bonchev–Trinajstić information content (AvgIpc) is 3.03. The second kappa shape index (κ2) is 5.14. The highest BCUT2D eigenvalue weighted by Crippen LogP contribution is 2.23. The van der Waals surface area contributed by atoms with E-state index in [-0.39, 0.29) is 5.28 Å². The number of halogens is 1. The molecule has 3 heterocycles. The Bertz CT molecular complexity index is 705. The first-order chi connectivity index (χ1) is 9.28. The van der Waals surface area contributed by atoms with Gasteiger partial charge in [0.05, 0.1) is 18.1 Å². The molecule has 3 aromatic heterocycles. The summed E-state index contributed by atoms with van der Waals surface area (Å²) < 4.78 is 0. The van der Waals surface area contributed by atoms with Crippen LogP contribution in [0.15, 0.2) is 17.6 Å². The van der Waals surface area contributed by atoms with Crippen LogP contribution in [0, 0.1) is 0 Å². The van der Waals surface area contributed by atoms with Crippen molar-refractivity contribution < 1.29 is 0 Å². The van der Waals surface area contributed by atoms with E-state index in [4.69, 9.17) is 11.6 Å². The van der Waals surface area contributed by atoms with Gasteiger partial charge < -0.3 is 5.32 Å². The van der Waals surface area contributed by atoms with E-state index in [1.54, 1.807) is 17.5 Å². The number of nitrogens with one attached hydrogen (secondary N) is 2. The van der Waals surface area contributed by atoms with Crippen molar-refractivity contribution in [2.24, 2.45) is 0 Å². The maximum absolute atomic E-state index is 5.89. The van der Waals surface area contributed by atoms with E-state index in [0.717, 1.165) is 18.4 Å². The van der Waals surface area contributed by atoms with Crippen molar-refractivity contribution in [2.75, 3.05) is 5.32 Å². The zero-order valence-electron chi connectivity index (χ0n) is 10.3. The standard InChI is InChI=1S/C12H12ClN5S/c1-2-7-3-4-19-9(7)6-14-10-8-5-15-18-11(8)17-12(13)16-10/h3-5H,2,6H2,1H3,(H2,14,15,16,17,18). The molecule has 98 valence electrons. The Morgan fingerprint density at radius 2 is 2.32 bits per heavy atom.